The summed E-state index contributed by atoms with van der Waals surface area (Å²) in [4.78, 5) is 12.2. The first-order valence-electron chi connectivity index (χ1n) is 5.73. The molecule has 0 N–H and O–H groups in total. The zero-order valence-corrected chi connectivity index (χ0v) is 9.83. The molecular weight excluding hydrogens is 230 g/mol. The number of nitrogens with zero attached hydrogens (tertiary/aromatic N) is 3. The Morgan fingerprint density at radius 3 is 3.17 bits per heavy atom. The van der Waals surface area contributed by atoms with Gasteiger partial charge in [0, 0.05) is 0 Å². The van der Waals surface area contributed by atoms with Crippen molar-refractivity contribution in [3.63, 3.8) is 0 Å². The van der Waals surface area contributed by atoms with Crippen LogP contribution in [0.1, 0.15) is 6.92 Å². The summed E-state index contributed by atoms with van der Waals surface area (Å²) >= 11 is 0. The molecule has 0 saturated heterocycles. The van der Waals surface area contributed by atoms with Crippen LogP contribution < -0.4 is 0 Å². The van der Waals surface area contributed by atoms with Gasteiger partial charge in [-0.3, -0.25) is 4.79 Å². The molecule has 0 saturated carbocycles. The molecule has 3 aliphatic rings. The van der Waals surface area contributed by atoms with Crippen LogP contribution in [0.25, 0.3) is 0 Å². The zero-order chi connectivity index (χ0) is 12.6. The Hall–Kier alpha value is -2.30. The van der Waals surface area contributed by atoms with Crippen molar-refractivity contribution in [2.45, 2.75) is 6.92 Å². The highest BCUT2D eigenvalue weighted by atomic mass is 16.5. The van der Waals surface area contributed by atoms with Crippen LogP contribution in [0.5, 0.6) is 0 Å². The molecule has 1 heterocycles. The Kier molecular flexibility index (Phi) is 2.33. The molecule has 5 nitrogen and oxygen atoms in total. The fourth-order valence-electron chi connectivity index (χ4n) is 2.18. The zero-order valence-electron chi connectivity index (χ0n) is 9.83. The summed E-state index contributed by atoms with van der Waals surface area (Å²) in [6.45, 7) is 2.13. The number of hydrogen-bond acceptors (Lipinski definition) is 5. The molecule has 0 fully saturated rings. The summed E-state index contributed by atoms with van der Waals surface area (Å²) in [5, 5.41) is 11.4. The molecule has 0 amide bonds. The van der Waals surface area contributed by atoms with E-state index in [9.17, 15) is 4.79 Å². The Balaban J connectivity index is 2.12. The summed E-state index contributed by atoms with van der Waals surface area (Å²) in [7, 11) is 0. The van der Waals surface area contributed by atoms with Gasteiger partial charge < -0.3 is 4.74 Å². The maximum Gasteiger partial charge on any atom is 0.324 e. The normalized spacial score (nSPS) is 27.1. The summed E-state index contributed by atoms with van der Waals surface area (Å²) in [5.74, 6) is -0.300. The van der Waals surface area contributed by atoms with E-state index in [-0.39, 0.29) is 5.97 Å². The fraction of sp³-hybridized carbons (Fsp3) is 0.231. The van der Waals surface area contributed by atoms with Crippen LogP contribution in [0, 0.1) is 5.41 Å². The van der Waals surface area contributed by atoms with E-state index in [0.717, 1.165) is 5.57 Å². The first-order chi connectivity index (χ1) is 8.76. The molecule has 5 heteroatoms. The predicted molar refractivity (Wildman–Crippen MR) is 65.8 cm³/mol. The van der Waals surface area contributed by atoms with Gasteiger partial charge in [0.25, 0.3) is 0 Å². The molecule has 1 atom stereocenters. The predicted octanol–water partition coefficient (Wildman–Crippen LogP) is 2.31. The lowest BCUT2D eigenvalue weighted by molar-refractivity contribution is -0.148. The molecule has 2 aliphatic carbocycles. The largest absolute Gasteiger partial charge is 0.465 e. The third-order valence-electron chi connectivity index (χ3n) is 3.06. The van der Waals surface area contributed by atoms with Crippen LogP contribution in [0.2, 0.25) is 0 Å². The Bertz CT molecular complexity index is 593. The van der Waals surface area contributed by atoms with Crippen molar-refractivity contribution in [2.24, 2.45) is 20.9 Å². The average molecular weight is 241 g/mol. The number of fused-ring (bicyclic) bond motifs is 2. The van der Waals surface area contributed by atoms with Crippen molar-refractivity contribution in [1.82, 2.24) is 0 Å². The maximum absolute atomic E-state index is 12.2. The van der Waals surface area contributed by atoms with Crippen LogP contribution in [0.15, 0.2) is 63.2 Å². The van der Waals surface area contributed by atoms with Crippen molar-refractivity contribution in [3.05, 3.63) is 47.7 Å². The molecule has 0 aromatic rings. The van der Waals surface area contributed by atoms with Crippen LogP contribution in [0.4, 0.5) is 0 Å². The highest BCUT2D eigenvalue weighted by Gasteiger charge is 2.43. The van der Waals surface area contributed by atoms with Crippen LogP contribution in [-0.2, 0) is 9.53 Å². The third-order valence-corrected chi connectivity index (χ3v) is 3.06. The number of esters is 1. The van der Waals surface area contributed by atoms with Crippen LogP contribution >= 0.6 is 0 Å². The van der Waals surface area contributed by atoms with Gasteiger partial charge in [-0.1, -0.05) is 24.3 Å². The summed E-state index contributed by atoms with van der Waals surface area (Å²) in [6, 6.07) is 0. The van der Waals surface area contributed by atoms with Crippen molar-refractivity contribution in [3.8, 4) is 0 Å². The minimum absolute atomic E-state index is 0.300. The molecule has 0 spiro atoms. The Morgan fingerprint density at radius 2 is 2.33 bits per heavy atom. The fourth-order valence-corrected chi connectivity index (χ4v) is 2.18. The van der Waals surface area contributed by atoms with E-state index in [4.69, 9.17) is 4.74 Å². The minimum Gasteiger partial charge on any atom is -0.465 e. The monoisotopic (exact) mass is 241 g/mol. The van der Waals surface area contributed by atoms with Gasteiger partial charge >= 0.3 is 5.97 Å². The van der Waals surface area contributed by atoms with Gasteiger partial charge in [-0.15, -0.1) is 10.2 Å². The summed E-state index contributed by atoms with van der Waals surface area (Å²) in [6.07, 6.45) is 11.0. The van der Waals surface area contributed by atoms with Crippen molar-refractivity contribution < 1.29 is 9.53 Å². The maximum atomic E-state index is 12.2. The third kappa shape index (κ3) is 1.40. The number of hydrogen-bond donors (Lipinski definition) is 0. The highest BCUT2D eigenvalue weighted by Crippen LogP contribution is 2.41. The standard InChI is InChI=1S/C13H11N3O2/c1-2-18-12(17)13-6-4-3-5-9(13)7-10-11(8-13)15-16-14-10/h3-8H,2H2,1H3. The number of ether oxygens (including phenoxy) is 1. The van der Waals surface area contributed by atoms with E-state index in [2.05, 4.69) is 15.4 Å². The van der Waals surface area contributed by atoms with Gasteiger partial charge in [-0.2, -0.15) is 0 Å². The van der Waals surface area contributed by atoms with Crippen LogP contribution in [0.3, 0.4) is 0 Å². The topological polar surface area (TPSA) is 63.4 Å². The van der Waals surface area contributed by atoms with Gasteiger partial charge in [-0.05, 0) is 29.9 Å². The van der Waals surface area contributed by atoms with Gasteiger partial charge in [0.2, 0.25) is 0 Å². The molecule has 0 aromatic heterocycles. The molecule has 1 unspecified atom stereocenters. The van der Waals surface area contributed by atoms with E-state index in [1.807, 2.05) is 30.4 Å². The molecule has 90 valence electrons. The molecular formula is C13H11N3O2. The van der Waals surface area contributed by atoms with Crippen LogP contribution in [-0.4, -0.2) is 18.3 Å². The molecule has 3 rings (SSSR count). The number of allylic oxidation sites excluding steroid dienone is 4. The van der Waals surface area contributed by atoms with E-state index >= 15 is 0 Å². The van der Waals surface area contributed by atoms with Gasteiger partial charge in [0.05, 0.1) is 6.61 Å². The van der Waals surface area contributed by atoms with Crippen molar-refractivity contribution in [1.29, 1.82) is 0 Å². The molecule has 18 heavy (non-hydrogen) atoms. The lowest BCUT2D eigenvalue weighted by atomic mass is 9.73. The quantitative estimate of drug-likeness (QED) is 0.696. The van der Waals surface area contributed by atoms with Gasteiger partial charge in [0.15, 0.2) is 0 Å². The summed E-state index contributed by atoms with van der Waals surface area (Å²) < 4.78 is 5.17. The van der Waals surface area contributed by atoms with E-state index in [0.29, 0.717) is 18.0 Å². The number of carbonyl (C=O) groups excluding carboxylic acids is 1. The van der Waals surface area contributed by atoms with Gasteiger partial charge in [-0.25, -0.2) is 0 Å². The van der Waals surface area contributed by atoms with Crippen molar-refractivity contribution >= 4 is 11.7 Å². The second kappa shape index (κ2) is 3.87. The minimum atomic E-state index is -0.886. The van der Waals surface area contributed by atoms with E-state index in [1.165, 1.54) is 0 Å². The summed E-state index contributed by atoms with van der Waals surface area (Å²) in [5.41, 5.74) is 1.25. The number of rotatable bonds is 2. The molecule has 1 aliphatic heterocycles. The lowest BCUT2D eigenvalue weighted by Gasteiger charge is -2.30. The van der Waals surface area contributed by atoms with E-state index < -0.39 is 5.41 Å². The molecule has 0 bridgehead atoms. The molecule has 0 radical (unpaired) electrons. The smallest absolute Gasteiger partial charge is 0.324 e. The lowest BCUT2D eigenvalue weighted by Crippen LogP contribution is -2.34. The Morgan fingerprint density at radius 1 is 1.44 bits per heavy atom. The molecule has 0 aromatic carbocycles. The number of carbonyl (C=O) groups is 1. The average Bonchev–Trinajstić information content (AvgIpc) is 2.82. The van der Waals surface area contributed by atoms with E-state index in [1.54, 1.807) is 13.0 Å². The second-order valence-electron chi connectivity index (χ2n) is 4.11. The van der Waals surface area contributed by atoms with Crippen molar-refractivity contribution in [2.75, 3.05) is 6.61 Å². The second-order valence-corrected chi connectivity index (χ2v) is 4.11. The van der Waals surface area contributed by atoms with Gasteiger partial charge in [0.1, 0.15) is 16.8 Å². The highest BCUT2D eigenvalue weighted by molar-refractivity contribution is 6.12. The Labute approximate surface area is 104 Å². The SMILES string of the molecule is CCOC(=O)C12C=CC=CC1=CC1=NN=NC1=C2. The first kappa shape index (κ1) is 10.8. The first-order valence-corrected chi connectivity index (χ1v) is 5.73.